The van der Waals surface area contributed by atoms with Gasteiger partial charge in [-0.3, -0.25) is 0 Å². The highest BCUT2D eigenvalue weighted by Crippen LogP contribution is 2.48. The molecule has 0 radical (unpaired) electrons. The van der Waals surface area contributed by atoms with Gasteiger partial charge in [-0.1, -0.05) is 152 Å². The number of benzene rings is 10. The lowest BCUT2D eigenvalue weighted by molar-refractivity contribution is 0.672. The standard InChI is InChI=1S/C56H36N2O/c1-3-15-38(16-4-1)49-35-42(41-27-26-37-14-7-8-18-40(37)34-41)29-33-51(49)58(52-24-13-25-54-55(52)48-31-28-39-17-9-10-21-45(39)56(48)59-54)44-30-32-47-46-22-11-12-23-50(46)57(53(47)36-44)43-19-5-2-6-20-43/h1-36H. The molecular formula is C56H36N2O. The number of para-hydroxylation sites is 2. The molecule has 0 fully saturated rings. The quantitative estimate of drug-likeness (QED) is 0.169. The van der Waals surface area contributed by atoms with Gasteiger partial charge in [0.1, 0.15) is 11.2 Å². The summed E-state index contributed by atoms with van der Waals surface area (Å²) in [6.45, 7) is 0. The number of anilines is 3. The van der Waals surface area contributed by atoms with Gasteiger partial charge in [-0.25, -0.2) is 0 Å². The lowest BCUT2D eigenvalue weighted by Gasteiger charge is -2.29. The first-order valence-electron chi connectivity index (χ1n) is 20.2. The summed E-state index contributed by atoms with van der Waals surface area (Å²) in [4.78, 5) is 2.45. The Balaban J connectivity index is 1.17. The summed E-state index contributed by atoms with van der Waals surface area (Å²) in [5.41, 5.74) is 13.0. The molecule has 0 aliphatic heterocycles. The molecule has 0 unspecified atom stereocenters. The van der Waals surface area contributed by atoms with Crippen LogP contribution in [0.1, 0.15) is 0 Å². The number of furan rings is 1. The Morgan fingerprint density at radius 3 is 1.90 bits per heavy atom. The number of fused-ring (bicyclic) bond motifs is 9. The summed E-state index contributed by atoms with van der Waals surface area (Å²) >= 11 is 0. The van der Waals surface area contributed by atoms with E-state index < -0.39 is 0 Å². The van der Waals surface area contributed by atoms with Crippen LogP contribution in [0, 0.1) is 0 Å². The Morgan fingerprint density at radius 2 is 1.03 bits per heavy atom. The summed E-state index contributed by atoms with van der Waals surface area (Å²) in [6, 6.07) is 78.8. The summed E-state index contributed by atoms with van der Waals surface area (Å²) < 4.78 is 9.21. The van der Waals surface area contributed by atoms with E-state index in [1.807, 2.05) is 0 Å². The molecule has 0 saturated carbocycles. The molecule has 2 aromatic heterocycles. The van der Waals surface area contributed by atoms with Gasteiger partial charge in [-0.05, 0) is 99.6 Å². The monoisotopic (exact) mass is 752 g/mol. The molecule has 0 bridgehead atoms. The highest BCUT2D eigenvalue weighted by atomic mass is 16.3. The summed E-state index contributed by atoms with van der Waals surface area (Å²) in [7, 11) is 0. The molecule has 3 heteroatoms. The second-order valence-electron chi connectivity index (χ2n) is 15.3. The Bertz CT molecular complexity index is 3560. The van der Waals surface area contributed by atoms with E-state index in [0.717, 1.165) is 77.7 Å². The van der Waals surface area contributed by atoms with Gasteiger partial charge in [0.2, 0.25) is 0 Å². The molecule has 10 aromatic carbocycles. The van der Waals surface area contributed by atoms with Gasteiger partial charge in [0, 0.05) is 38.5 Å². The summed E-state index contributed by atoms with van der Waals surface area (Å²) in [6.07, 6.45) is 0. The Labute approximate surface area is 341 Å². The normalized spacial score (nSPS) is 11.7. The lowest BCUT2D eigenvalue weighted by Crippen LogP contribution is -2.12. The molecule has 12 aromatic rings. The molecule has 0 aliphatic carbocycles. The number of rotatable bonds is 6. The van der Waals surface area contributed by atoms with E-state index in [-0.39, 0.29) is 0 Å². The zero-order chi connectivity index (χ0) is 38.9. The van der Waals surface area contributed by atoms with Crippen LogP contribution in [-0.4, -0.2) is 4.57 Å². The molecule has 59 heavy (non-hydrogen) atoms. The summed E-state index contributed by atoms with van der Waals surface area (Å²) in [5, 5.41) is 9.33. The van der Waals surface area contributed by atoms with Gasteiger partial charge in [-0.2, -0.15) is 0 Å². The first-order chi connectivity index (χ1) is 29.3. The first-order valence-corrected chi connectivity index (χ1v) is 20.2. The first kappa shape index (κ1) is 33.3. The van der Waals surface area contributed by atoms with Crippen molar-refractivity contribution >= 4 is 82.4 Å². The van der Waals surface area contributed by atoms with Crippen LogP contribution < -0.4 is 4.90 Å². The van der Waals surface area contributed by atoms with E-state index in [2.05, 4.69) is 228 Å². The van der Waals surface area contributed by atoms with Crippen LogP contribution in [0.25, 0.3) is 93.2 Å². The van der Waals surface area contributed by atoms with E-state index in [4.69, 9.17) is 4.42 Å². The maximum absolute atomic E-state index is 6.81. The largest absolute Gasteiger partial charge is 0.455 e. The minimum absolute atomic E-state index is 0.854. The van der Waals surface area contributed by atoms with Gasteiger partial charge in [0.05, 0.1) is 27.8 Å². The topological polar surface area (TPSA) is 21.3 Å². The van der Waals surface area contributed by atoms with Crippen LogP contribution in [0.2, 0.25) is 0 Å². The van der Waals surface area contributed by atoms with Crippen LogP contribution in [0.3, 0.4) is 0 Å². The highest BCUT2D eigenvalue weighted by Gasteiger charge is 2.24. The van der Waals surface area contributed by atoms with E-state index in [9.17, 15) is 0 Å². The predicted molar refractivity (Wildman–Crippen MR) is 249 cm³/mol. The van der Waals surface area contributed by atoms with Crippen molar-refractivity contribution in [2.75, 3.05) is 4.90 Å². The molecule has 0 spiro atoms. The van der Waals surface area contributed by atoms with Crippen molar-refractivity contribution in [1.82, 2.24) is 4.57 Å². The van der Waals surface area contributed by atoms with Crippen LogP contribution >= 0.6 is 0 Å². The van der Waals surface area contributed by atoms with Crippen LogP contribution in [-0.2, 0) is 0 Å². The lowest BCUT2D eigenvalue weighted by atomic mass is 9.94. The Hall–Kier alpha value is -7.88. The second kappa shape index (κ2) is 13.4. The molecule has 3 nitrogen and oxygen atoms in total. The number of aromatic nitrogens is 1. The molecule has 0 aliphatic rings. The van der Waals surface area contributed by atoms with Gasteiger partial charge in [0.15, 0.2) is 0 Å². The smallest absolute Gasteiger partial charge is 0.143 e. The molecule has 0 amide bonds. The number of hydrogen-bond acceptors (Lipinski definition) is 2. The van der Waals surface area contributed by atoms with Crippen molar-refractivity contribution in [3.63, 3.8) is 0 Å². The molecule has 0 atom stereocenters. The zero-order valence-electron chi connectivity index (χ0n) is 32.1. The van der Waals surface area contributed by atoms with Gasteiger partial charge in [-0.15, -0.1) is 0 Å². The molecule has 276 valence electrons. The third kappa shape index (κ3) is 5.36. The fourth-order valence-corrected chi connectivity index (χ4v) is 9.21. The average molecular weight is 753 g/mol. The van der Waals surface area contributed by atoms with Crippen LogP contribution in [0.4, 0.5) is 17.1 Å². The van der Waals surface area contributed by atoms with E-state index in [1.54, 1.807) is 0 Å². The van der Waals surface area contributed by atoms with E-state index in [0.29, 0.717) is 0 Å². The van der Waals surface area contributed by atoms with Gasteiger partial charge >= 0.3 is 0 Å². The van der Waals surface area contributed by atoms with E-state index >= 15 is 0 Å². The molecular weight excluding hydrogens is 717 g/mol. The highest BCUT2D eigenvalue weighted by molar-refractivity contribution is 6.20. The Morgan fingerprint density at radius 1 is 0.373 bits per heavy atom. The Kier molecular flexibility index (Phi) is 7.54. The minimum atomic E-state index is 0.854. The van der Waals surface area contributed by atoms with Crippen molar-refractivity contribution < 1.29 is 4.42 Å². The third-order valence-corrected chi connectivity index (χ3v) is 11.9. The predicted octanol–water partition coefficient (Wildman–Crippen LogP) is 15.8. The maximum Gasteiger partial charge on any atom is 0.143 e. The van der Waals surface area contributed by atoms with Crippen molar-refractivity contribution in [1.29, 1.82) is 0 Å². The molecule has 2 heterocycles. The fraction of sp³-hybridized carbons (Fsp3) is 0. The molecule has 0 N–H and O–H groups in total. The van der Waals surface area contributed by atoms with Gasteiger partial charge in [0.25, 0.3) is 0 Å². The molecule has 0 saturated heterocycles. The van der Waals surface area contributed by atoms with Crippen molar-refractivity contribution in [2.24, 2.45) is 0 Å². The second-order valence-corrected chi connectivity index (χ2v) is 15.3. The fourth-order valence-electron chi connectivity index (χ4n) is 9.21. The van der Waals surface area contributed by atoms with Crippen molar-refractivity contribution in [2.45, 2.75) is 0 Å². The van der Waals surface area contributed by atoms with Crippen molar-refractivity contribution in [3.8, 4) is 27.9 Å². The third-order valence-electron chi connectivity index (χ3n) is 11.9. The zero-order valence-corrected chi connectivity index (χ0v) is 32.1. The minimum Gasteiger partial charge on any atom is -0.455 e. The van der Waals surface area contributed by atoms with Crippen molar-refractivity contribution in [3.05, 3.63) is 218 Å². The average Bonchev–Trinajstić information content (AvgIpc) is 3.86. The maximum atomic E-state index is 6.81. The van der Waals surface area contributed by atoms with Crippen LogP contribution in [0.5, 0.6) is 0 Å². The van der Waals surface area contributed by atoms with Gasteiger partial charge < -0.3 is 13.9 Å². The SMILES string of the molecule is c1ccc(-c2cc(-c3ccc4ccccc4c3)ccc2N(c2ccc3c4ccccc4n(-c4ccccc4)c3c2)c2cccc3oc4c5ccccc5ccc4c23)cc1. The van der Waals surface area contributed by atoms with Crippen LogP contribution in [0.15, 0.2) is 223 Å². The van der Waals surface area contributed by atoms with E-state index in [1.165, 1.54) is 32.6 Å². The summed E-state index contributed by atoms with van der Waals surface area (Å²) in [5.74, 6) is 0. The number of nitrogens with zero attached hydrogens (tertiary/aromatic N) is 2. The molecule has 12 rings (SSSR count). The number of hydrogen-bond donors (Lipinski definition) is 0.